The van der Waals surface area contributed by atoms with Crippen molar-refractivity contribution in [3.05, 3.63) is 185 Å². The highest BCUT2D eigenvalue weighted by molar-refractivity contribution is 6.51. The molecule has 0 aliphatic heterocycles. The van der Waals surface area contributed by atoms with Crippen LogP contribution >= 0.6 is 0 Å². The van der Waals surface area contributed by atoms with Crippen LogP contribution in [0.4, 0.5) is 0 Å². The number of benzene rings is 5. The second kappa shape index (κ2) is 12.0. The molecule has 0 heterocycles. The minimum Gasteiger partial charge on any atom is -0.289 e. The van der Waals surface area contributed by atoms with Crippen molar-refractivity contribution >= 4 is 22.5 Å². The largest absolute Gasteiger partial charge is 0.289 e. The van der Waals surface area contributed by atoms with Gasteiger partial charge in [-0.15, -0.1) is 0 Å². The highest BCUT2D eigenvalue weighted by Crippen LogP contribution is 2.40. The maximum atomic E-state index is 14.0. The van der Waals surface area contributed by atoms with Crippen LogP contribution in [0.15, 0.2) is 146 Å². The molecular weight excluding hydrogens is 484 g/mol. The molecule has 40 heavy (non-hydrogen) atoms. The molecular formula is C39H32O. The average molecular weight is 517 g/mol. The summed E-state index contributed by atoms with van der Waals surface area (Å²) in [6.07, 6.45) is 5.98. The summed E-state index contributed by atoms with van der Waals surface area (Å²) < 4.78 is 0. The fraction of sp³-hybridized carbons (Fsp3) is 0.103. The van der Waals surface area contributed by atoms with Crippen LogP contribution in [0.1, 0.15) is 38.9 Å². The van der Waals surface area contributed by atoms with Gasteiger partial charge in [0.1, 0.15) is 0 Å². The molecule has 0 amide bonds. The number of aryl methyl sites for hydroxylation is 4. The van der Waals surface area contributed by atoms with Gasteiger partial charge >= 0.3 is 0 Å². The summed E-state index contributed by atoms with van der Waals surface area (Å²) >= 11 is 0. The van der Waals surface area contributed by atoms with Gasteiger partial charge in [-0.25, -0.2) is 0 Å². The van der Waals surface area contributed by atoms with E-state index in [0.717, 1.165) is 59.1 Å². The topological polar surface area (TPSA) is 17.1 Å². The van der Waals surface area contributed by atoms with Crippen LogP contribution in [-0.4, -0.2) is 5.78 Å². The maximum Gasteiger partial charge on any atom is 0.194 e. The van der Waals surface area contributed by atoms with E-state index in [1.54, 1.807) is 0 Å². The molecule has 0 atom stereocenters. The number of hydrogen-bond donors (Lipinski definition) is 0. The summed E-state index contributed by atoms with van der Waals surface area (Å²) in [5.74, 6) is 0.0907. The van der Waals surface area contributed by atoms with Crippen LogP contribution in [0.2, 0.25) is 0 Å². The van der Waals surface area contributed by atoms with Gasteiger partial charge in [-0.1, -0.05) is 140 Å². The van der Waals surface area contributed by atoms with E-state index in [-0.39, 0.29) is 5.78 Å². The lowest BCUT2D eigenvalue weighted by molar-refractivity contribution is -0.108. The molecule has 0 bridgehead atoms. The van der Waals surface area contributed by atoms with Gasteiger partial charge in [0, 0.05) is 11.1 Å². The first kappa shape index (κ1) is 25.5. The van der Waals surface area contributed by atoms with Gasteiger partial charge in [-0.05, 0) is 76.3 Å². The van der Waals surface area contributed by atoms with Gasteiger partial charge in [0.2, 0.25) is 0 Å². The lowest BCUT2D eigenvalue weighted by Gasteiger charge is -2.13. The highest BCUT2D eigenvalue weighted by Gasteiger charge is 2.28. The predicted octanol–water partition coefficient (Wildman–Crippen LogP) is 8.83. The third-order valence-corrected chi connectivity index (χ3v) is 7.63. The fourth-order valence-corrected chi connectivity index (χ4v) is 5.56. The van der Waals surface area contributed by atoms with Crippen molar-refractivity contribution in [3.63, 3.8) is 0 Å². The Morgan fingerprint density at radius 1 is 0.400 bits per heavy atom. The first-order valence-electron chi connectivity index (χ1n) is 14.1. The van der Waals surface area contributed by atoms with Gasteiger partial charge in [-0.3, -0.25) is 4.79 Å². The molecule has 1 nitrogen and oxygen atoms in total. The Kier molecular flexibility index (Phi) is 7.64. The Hall–Kier alpha value is -4.75. The zero-order chi connectivity index (χ0) is 27.1. The molecule has 5 aromatic rings. The summed E-state index contributed by atoms with van der Waals surface area (Å²) in [6, 6.07) is 48.4. The summed E-state index contributed by atoms with van der Waals surface area (Å²) in [4.78, 5) is 14.0. The van der Waals surface area contributed by atoms with Crippen LogP contribution in [0.25, 0.3) is 16.7 Å². The Labute approximate surface area is 237 Å². The summed E-state index contributed by atoms with van der Waals surface area (Å²) in [5, 5.41) is 0. The van der Waals surface area contributed by atoms with Crippen molar-refractivity contribution in [3.8, 4) is 0 Å². The fourth-order valence-electron chi connectivity index (χ4n) is 5.56. The molecule has 1 heteroatoms. The maximum absolute atomic E-state index is 14.0. The molecule has 0 saturated carbocycles. The number of allylic oxidation sites excluding steroid dienone is 4. The van der Waals surface area contributed by atoms with E-state index >= 15 is 0 Å². The SMILES string of the molecule is O=C1C(c2ccccc2)=CC(c2cc(CCc3ccccc3)cc(CCc3ccccc3)c2)=C1c1ccccc1. The number of carbonyl (C=O) groups excluding carboxylic acids is 1. The summed E-state index contributed by atoms with van der Waals surface area (Å²) in [7, 11) is 0. The Morgan fingerprint density at radius 2 is 0.825 bits per heavy atom. The van der Waals surface area contributed by atoms with Crippen molar-refractivity contribution in [2.45, 2.75) is 25.7 Å². The van der Waals surface area contributed by atoms with Crippen molar-refractivity contribution < 1.29 is 4.79 Å². The normalized spacial score (nSPS) is 13.0. The minimum atomic E-state index is 0.0907. The van der Waals surface area contributed by atoms with Crippen molar-refractivity contribution in [2.24, 2.45) is 0 Å². The number of rotatable bonds is 9. The molecule has 0 spiro atoms. The molecule has 0 saturated heterocycles. The second-order valence-electron chi connectivity index (χ2n) is 10.4. The lowest BCUT2D eigenvalue weighted by atomic mass is 9.91. The molecule has 0 radical (unpaired) electrons. The van der Waals surface area contributed by atoms with E-state index in [0.29, 0.717) is 0 Å². The first-order valence-corrected chi connectivity index (χ1v) is 14.1. The molecule has 1 aliphatic rings. The molecule has 0 aromatic heterocycles. The van der Waals surface area contributed by atoms with Crippen LogP contribution < -0.4 is 0 Å². The molecule has 6 rings (SSSR count). The highest BCUT2D eigenvalue weighted by atomic mass is 16.1. The van der Waals surface area contributed by atoms with Crippen LogP contribution in [0.5, 0.6) is 0 Å². The van der Waals surface area contributed by atoms with Crippen LogP contribution in [0.3, 0.4) is 0 Å². The van der Waals surface area contributed by atoms with Crippen molar-refractivity contribution in [1.29, 1.82) is 0 Å². The van der Waals surface area contributed by atoms with Crippen LogP contribution in [0, 0.1) is 0 Å². The lowest BCUT2D eigenvalue weighted by Crippen LogP contribution is -2.02. The molecule has 0 N–H and O–H groups in total. The third-order valence-electron chi connectivity index (χ3n) is 7.63. The van der Waals surface area contributed by atoms with Gasteiger partial charge in [0.05, 0.1) is 0 Å². The number of carbonyl (C=O) groups is 1. The molecule has 0 fully saturated rings. The number of ketones is 1. The second-order valence-corrected chi connectivity index (χ2v) is 10.4. The standard InChI is InChI=1S/C39H32O/c40-39-37(33-17-9-3-10-18-33)28-36(38(39)34-19-11-4-12-20-34)35-26-31(23-21-29-13-5-1-6-14-29)25-32(27-35)24-22-30-15-7-2-8-16-30/h1-20,25-28H,21-24H2. The van der Waals surface area contributed by atoms with Gasteiger partial charge < -0.3 is 0 Å². The molecule has 0 unspecified atom stereocenters. The van der Waals surface area contributed by atoms with E-state index in [1.807, 2.05) is 60.7 Å². The summed E-state index contributed by atoms with van der Waals surface area (Å²) in [5.41, 5.74) is 10.9. The molecule has 5 aromatic carbocycles. The van der Waals surface area contributed by atoms with Gasteiger partial charge in [0.25, 0.3) is 0 Å². The van der Waals surface area contributed by atoms with E-state index < -0.39 is 0 Å². The van der Waals surface area contributed by atoms with E-state index in [2.05, 4.69) is 84.9 Å². The number of hydrogen-bond acceptors (Lipinski definition) is 1. The van der Waals surface area contributed by atoms with E-state index in [9.17, 15) is 4.79 Å². The smallest absolute Gasteiger partial charge is 0.194 e. The van der Waals surface area contributed by atoms with E-state index in [1.165, 1.54) is 22.3 Å². The zero-order valence-corrected chi connectivity index (χ0v) is 22.6. The predicted molar refractivity (Wildman–Crippen MR) is 167 cm³/mol. The average Bonchev–Trinajstić information content (AvgIpc) is 3.38. The monoisotopic (exact) mass is 516 g/mol. The van der Waals surface area contributed by atoms with Crippen molar-refractivity contribution in [2.75, 3.05) is 0 Å². The molecule has 1 aliphatic carbocycles. The van der Waals surface area contributed by atoms with E-state index in [4.69, 9.17) is 0 Å². The third kappa shape index (κ3) is 5.80. The van der Waals surface area contributed by atoms with Crippen LogP contribution in [-0.2, 0) is 30.5 Å². The first-order chi connectivity index (χ1) is 19.7. The van der Waals surface area contributed by atoms with Crippen molar-refractivity contribution in [1.82, 2.24) is 0 Å². The zero-order valence-electron chi connectivity index (χ0n) is 22.6. The Morgan fingerprint density at radius 3 is 1.32 bits per heavy atom. The minimum absolute atomic E-state index is 0.0907. The van der Waals surface area contributed by atoms with Gasteiger partial charge in [-0.2, -0.15) is 0 Å². The Balaban J connectivity index is 1.43. The molecule has 194 valence electrons. The Bertz CT molecular complexity index is 1600. The summed E-state index contributed by atoms with van der Waals surface area (Å²) in [6.45, 7) is 0. The van der Waals surface area contributed by atoms with Gasteiger partial charge in [0.15, 0.2) is 5.78 Å². The number of Topliss-reactive ketones (excluding diaryl/α,β-unsaturated/α-hetero) is 1. The quantitative estimate of drug-likeness (QED) is 0.191.